The Balaban J connectivity index is 3.36. The summed E-state index contributed by atoms with van der Waals surface area (Å²) in [5.74, 6) is 0. The monoisotopic (exact) mass is 147 g/mol. The molecule has 0 bridgehead atoms. The second kappa shape index (κ2) is 3.24. The van der Waals surface area contributed by atoms with Crippen molar-refractivity contribution in [1.29, 1.82) is 0 Å². The standard InChI is InChI=1S/C10H13N/c1-4-9-7-10(11-3)6-5-8(9)2/h4-7,11H,2H2,1,3H3/b9-4-. The fraction of sp³-hybridized carbons (Fsp3) is 0.200. The number of nitrogens with one attached hydrogen (secondary N) is 1. The summed E-state index contributed by atoms with van der Waals surface area (Å²) in [5.41, 5.74) is 1.13. The molecule has 0 amide bonds. The Morgan fingerprint density at radius 2 is 2.18 bits per heavy atom. The van der Waals surface area contributed by atoms with Crippen molar-refractivity contribution in [3.8, 4) is 0 Å². The lowest BCUT2D eigenvalue weighted by Gasteiger charge is -1.97. The van der Waals surface area contributed by atoms with Gasteiger partial charge in [-0.3, -0.25) is 0 Å². The molecule has 0 saturated carbocycles. The Hall–Kier alpha value is -1.24. The average molecular weight is 147 g/mol. The molecule has 11 heavy (non-hydrogen) atoms. The fourth-order valence-electron chi connectivity index (χ4n) is 1.02. The number of hydrogen-bond acceptors (Lipinski definition) is 1. The van der Waals surface area contributed by atoms with Gasteiger partial charge >= 0.3 is 0 Å². The lowest BCUT2D eigenvalue weighted by atomic mass is 10.2. The quantitative estimate of drug-likeness (QED) is 0.623. The zero-order valence-electron chi connectivity index (χ0n) is 7.02. The van der Waals surface area contributed by atoms with E-state index < -0.39 is 0 Å². The van der Waals surface area contributed by atoms with E-state index in [-0.39, 0.29) is 0 Å². The highest BCUT2D eigenvalue weighted by Crippen LogP contribution is 1.96. The van der Waals surface area contributed by atoms with Gasteiger partial charge < -0.3 is 5.32 Å². The molecule has 0 aliphatic rings. The Bertz CT molecular complexity index is 338. The van der Waals surface area contributed by atoms with Crippen LogP contribution in [-0.2, 0) is 0 Å². The van der Waals surface area contributed by atoms with Gasteiger partial charge in [0.2, 0.25) is 0 Å². The van der Waals surface area contributed by atoms with Gasteiger partial charge in [-0.05, 0) is 29.5 Å². The maximum atomic E-state index is 3.91. The smallest absolute Gasteiger partial charge is 0.0343 e. The second-order valence-corrected chi connectivity index (χ2v) is 2.45. The Labute approximate surface area is 67.1 Å². The fourth-order valence-corrected chi connectivity index (χ4v) is 1.02. The van der Waals surface area contributed by atoms with Crippen molar-refractivity contribution in [2.45, 2.75) is 6.92 Å². The molecule has 1 aromatic carbocycles. The first-order valence-corrected chi connectivity index (χ1v) is 3.71. The molecule has 0 aliphatic heterocycles. The molecule has 0 aliphatic carbocycles. The van der Waals surface area contributed by atoms with Crippen LogP contribution >= 0.6 is 0 Å². The van der Waals surface area contributed by atoms with E-state index in [2.05, 4.69) is 24.0 Å². The summed E-state index contributed by atoms with van der Waals surface area (Å²) in [6.45, 7) is 5.93. The van der Waals surface area contributed by atoms with E-state index in [1.807, 2.05) is 26.1 Å². The normalized spacial score (nSPS) is 11.6. The van der Waals surface area contributed by atoms with E-state index in [9.17, 15) is 0 Å². The number of rotatable bonds is 1. The molecule has 1 rings (SSSR count). The van der Waals surface area contributed by atoms with E-state index in [0.29, 0.717) is 0 Å². The molecule has 1 N–H and O–H groups in total. The van der Waals surface area contributed by atoms with Crippen LogP contribution in [0.4, 0.5) is 5.69 Å². The topological polar surface area (TPSA) is 12.0 Å². The van der Waals surface area contributed by atoms with Gasteiger partial charge in [-0.2, -0.15) is 0 Å². The van der Waals surface area contributed by atoms with Crippen LogP contribution in [0.1, 0.15) is 6.92 Å². The van der Waals surface area contributed by atoms with Crippen molar-refractivity contribution in [1.82, 2.24) is 0 Å². The van der Waals surface area contributed by atoms with Crippen molar-refractivity contribution < 1.29 is 0 Å². The summed E-state index contributed by atoms with van der Waals surface area (Å²) in [6.07, 6.45) is 2.06. The number of anilines is 1. The van der Waals surface area contributed by atoms with Gasteiger partial charge in [-0.15, -0.1) is 0 Å². The van der Waals surface area contributed by atoms with Gasteiger partial charge in [-0.1, -0.05) is 18.7 Å². The predicted octanol–water partition coefficient (Wildman–Crippen LogP) is 0.939. The molecule has 0 fully saturated rings. The minimum absolute atomic E-state index is 1.08. The zero-order valence-corrected chi connectivity index (χ0v) is 7.02. The van der Waals surface area contributed by atoms with Crippen LogP contribution in [0.2, 0.25) is 0 Å². The van der Waals surface area contributed by atoms with Crippen LogP contribution in [0.3, 0.4) is 0 Å². The highest BCUT2D eigenvalue weighted by Gasteiger charge is 1.85. The largest absolute Gasteiger partial charge is 0.388 e. The summed E-state index contributed by atoms with van der Waals surface area (Å²) in [7, 11) is 1.91. The summed E-state index contributed by atoms with van der Waals surface area (Å²) < 4.78 is 0. The van der Waals surface area contributed by atoms with E-state index in [0.717, 1.165) is 10.9 Å². The summed E-state index contributed by atoms with van der Waals surface area (Å²) in [4.78, 5) is 0. The summed E-state index contributed by atoms with van der Waals surface area (Å²) in [6, 6.07) is 6.12. The van der Waals surface area contributed by atoms with Crippen molar-refractivity contribution >= 4 is 18.3 Å². The minimum atomic E-state index is 1.08. The molecule has 0 unspecified atom stereocenters. The molecule has 0 saturated heterocycles. The van der Waals surface area contributed by atoms with Crippen LogP contribution < -0.4 is 15.8 Å². The van der Waals surface area contributed by atoms with E-state index in [1.165, 1.54) is 5.22 Å². The molecule has 0 spiro atoms. The van der Waals surface area contributed by atoms with Crippen LogP contribution in [0.5, 0.6) is 0 Å². The number of benzene rings is 1. The SMILES string of the molecule is C=c1ccc(NC)c/c1=C/C. The molecule has 1 heteroatoms. The second-order valence-electron chi connectivity index (χ2n) is 2.45. The summed E-state index contributed by atoms with van der Waals surface area (Å²) in [5, 5.41) is 5.35. The van der Waals surface area contributed by atoms with Crippen LogP contribution in [-0.4, -0.2) is 7.05 Å². The van der Waals surface area contributed by atoms with Crippen molar-refractivity contribution in [3.05, 3.63) is 28.6 Å². The first kappa shape index (κ1) is 7.86. The first-order chi connectivity index (χ1) is 5.27. The van der Waals surface area contributed by atoms with E-state index in [4.69, 9.17) is 0 Å². The van der Waals surface area contributed by atoms with Crippen molar-refractivity contribution in [2.75, 3.05) is 12.4 Å². The predicted molar refractivity (Wildman–Crippen MR) is 50.9 cm³/mol. The third-order valence-electron chi connectivity index (χ3n) is 1.75. The van der Waals surface area contributed by atoms with Crippen molar-refractivity contribution in [2.24, 2.45) is 0 Å². The molecule has 0 atom stereocenters. The average Bonchev–Trinajstić information content (AvgIpc) is 2.05. The molecule has 0 radical (unpaired) electrons. The Morgan fingerprint density at radius 1 is 1.45 bits per heavy atom. The first-order valence-electron chi connectivity index (χ1n) is 3.71. The van der Waals surface area contributed by atoms with Crippen LogP contribution in [0, 0.1) is 0 Å². The molecular weight excluding hydrogens is 134 g/mol. The summed E-state index contributed by atoms with van der Waals surface area (Å²) >= 11 is 0. The third kappa shape index (κ3) is 1.61. The molecule has 0 aromatic heterocycles. The highest BCUT2D eigenvalue weighted by atomic mass is 14.8. The van der Waals surface area contributed by atoms with Gasteiger partial charge in [0.1, 0.15) is 0 Å². The molecule has 1 nitrogen and oxygen atoms in total. The van der Waals surface area contributed by atoms with E-state index in [1.54, 1.807) is 0 Å². The van der Waals surface area contributed by atoms with Crippen LogP contribution in [0.25, 0.3) is 12.7 Å². The van der Waals surface area contributed by atoms with Gasteiger partial charge in [0.05, 0.1) is 0 Å². The van der Waals surface area contributed by atoms with Gasteiger partial charge in [0.15, 0.2) is 0 Å². The lowest BCUT2D eigenvalue weighted by Crippen LogP contribution is -2.22. The highest BCUT2D eigenvalue weighted by molar-refractivity contribution is 5.44. The molecule has 58 valence electrons. The minimum Gasteiger partial charge on any atom is -0.388 e. The van der Waals surface area contributed by atoms with Crippen molar-refractivity contribution in [3.63, 3.8) is 0 Å². The lowest BCUT2D eigenvalue weighted by molar-refractivity contribution is 1.45. The van der Waals surface area contributed by atoms with Gasteiger partial charge in [0, 0.05) is 12.7 Å². The molecular formula is C10H13N. The molecule has 1 aromatic rings. The third-order valence-corrected chi connectivity index (χ3v) is 1.75. The molecule has 0 heterocycles. The van der Waals surface area contributed by atoms with Gasteiger partial charge in [0.25, 0.3) is 0 Å². The Kier molecular flexibility index (Phi) is 2.32. The maximum absolute atomic E-state index is 3.91. The van der Waals surface area contributed by atoms with E-state index >= 15 is 0 Å². The maximum Gasteiger partial charge on any atom is 0.0343 e. The zero-order chi connectivity index (χ0) is 8.27. The van der Waals surface area contributed by atoms with Crippen LogP contribution in [0.15, 0.2) is 18.2 Å². The van der Waals surface area contributed by atoms with Gasteiger partial charge in [-0.25, -0.2) is 0 Å². The number of hydrogen-bond donors (Lipinski definition) is 1. The Morgan fingerprint density at radius 3 is 2.73 bits per heavy atom.